The van der Waals surface area contributed by atoms with Gasteiger partial charge in [-0.2, -0.15) is 0 Å². The summed E-state index contributed by atoms with van der Waals surface area (Å²) in [5, 5.41) is 13.5. The third kappa shape index (κ3) is 3.57. The first-order valence-electron chi connectivity index (χ1n) is 5.87. The molecule has 0 bridgehead atoms. The van der Waals surface area contributed by atoms with Crippen molar-refractivity contribution in [1.29, 1.82) is 0 Å². The van der Waals surface area contributed by atoms with Gasteiger partial charge in [-0.1, -0.05) is 11.6 Å². The summed E-state index contributed by atoms with van der Waals surface area (Å²) in [6.07, 6.45) is 1.55. The minimum atomic E-state index is -0.725. The molecule has 110 valence electrons. The predicted octanol–water partition coefficient (Wildman–Crippen LogP) is 3.40. The topological polar surface area (TPSA) is 77.3 Å². The monoisotopic (exact) mass is 311 g/mol. The molecular formula is C13H11ClFN3O3. The van der Waals surface area contributed by atoms with Gasteiger partial charge in [-0.15, -0.1) is 0 Å². The van der Waals surface area contributed by atoms with E-state index in [-0.39, 0.29) is 22.9 Å². The standard InChI is InChI=1S/C13H11ClFN3O3/c1-21-13-4-8(2-3-16-13)7-17-11-6-10(15)9(14)5-12(11)18(19)20/h2-6,17H,7H2,1H3. The molecule has 0 saturated heterocycles. The summed E-state index contributed by atoms with van der Waals surface area (Å²) in [4.78, 5) is 14.3. The second-order valence-electron chi connectivity index (χ2n) is 4.10. The fourth-order valence-corrected chi connectivity index (χ4v) is 1.86. The molecule has 1 aromatic heterocycles. The Kier molecular flexibility index (Phi) is 4.54. The Bertz CT molecular complexity index is 682. The third-order valence-electron chi connectivity index (χ3n) is 2.73. The van der Waals surface area contributed by atoms with Crippen molar-refractivity contribution in [3.63, 3.8) is 0 Å². The molecule has 0 amide bonds. The molecule has 0 spiro atoms. The first kappa shape index (κ1) is 15.0. The first-order valence-corrected chi connectivity index (χ1v) is 6.25. The van der Waals surface area contributed by atoms with Crippen LogP contribution in [0.4, 0.5) is 15.8 Å². The summed E-state index contributed by atoms with van der Waals surface area (Å²) in [6, 6.07) is 5.37. The number of ether oxygens (including phenoxy) is 1. The second-order valence-corrected chi connectivity index (χ2v) is 4.51. The van der Waals surface area contributed by atoms with Crippen LogP contribution in [0.3, 0.4) is 0 Å². The molecule has 0 saturated carbocycles. The van der Waals surface area contributed by atoms with Crippen LogP contribution in [0.2, 0.25) is 5.02 Å². The van der Waals surface area contributed by atoms with E-state index < -0.39 is 10.7 Å². The van der Waals surface area contributed by atoms with E-state index in [1.54, 1.807) is 18.3 Å². The van der Waals surface area contributed by atoms with Crippen LogP contribution in [0.15, 0.2) is 30.5 Å². The highest BCUT2D eigenvalue weighted by Crippen LogP contribution is 2.30. The molecule has 0 aliphatic heterocycles. The van der Waals surface area contributed by atoms with Crippen molar-refractivity contribution in [2.45, 2.75) is 6.54 Å². The zero-order valence-electron chi connectivity index (χ0n) is 11.0. The molecule has 0 fully saturated rings. The van der Waals surface area contributed by atoms with Crippen LogP contribution >= 0.6 is 11.6 Å². The molecule has 21 heavy (non-hydrogen) atoms. The van der Waals surface area contributed by atoms with E-state index >= 15 is 0 Å². The quantitative estimate of drug-likeness (QED) is 0.676. The van der Waals surface area contributed by atoms with Crippen LogP contribution in [0, 0.1) is 15.9 Å². The number of hydrogen-bond acceptors (Lipinski definition) is 5. The van der Waals surface area contributed by atoms with E-state index in [9.17, 15) is 14.5 Å². The number of nitrogens with one attached hydrogen (secondary N) is 1. The molecule has 1 aromatic carbocycles. The van der Waals surface area contributed by atoms with Gasteiger partial charge in [0.15, 0.2) is 0 Å². The highest BCUT2D eigenvalue weighted by atomic mass is 35.5. The number of halogens is 2. The molecule has 0 aliphatic rings. The summed E-state index contributed by atoms with van der Waals surface area (Å²) in [5.74, 6) is -0.303. The van der Waals surface area contributed by atoms with Crippen LogP contribution in [-0.4, -0.2) is 17.0 Å². The molecule has 2 aromatic rings. The van der Waals surface area contributed by atoms with Gasteiger partial charge in [-0.05, 0) is 11.6 Å². The molecule has 1 heterocycles. The van der Waals surface area contributed by atoms with Crippen molar-refractivity contribution in [2.24, 2.45) is 0 Å². The number of nitro benzene ring substituents is 1. The van der Waals surface area contributed by atoms with Crippen molar-refractivity contribution in [3.05, 3.63) is 57.0 Å². The zero-order valence-corrected chi connectivity index (χ0v) is 11.7. The Morgan fingerprint density at radius 3 is 2.90 bits per heavy atom. The lowest BCUT2D eigenvalue weighted by molar-refractivity contribution is -0.384. The maximum absolute atomic E-state index is 13.4. The van der Waals surface area contributed by atoms with Gasteiger partial charge in [-0.25, -0.2) is 9.37 Å². The number of benzene rings is 1. The van der Waals surface area contributed by atoms with Crippen LogP contribution < -0.4 is 10.1 Å². The van der Waals surface area contributed by atoms with Crippen LogP contribution in [0.5, 0.6) is 5.88 Å². The number of nitro groups is 1. The van der Waals surface area contributed by atoms with Gasteiger partial charge in [0.05, 0.1) is 17.1 Å². The maximum atomic E-state index is 13.4. The average Bonchev–Trinajstić information content (AvgIpc) is 2.48. The van der Waals surface area contributed by atoms with Gasteiger partial charge in [0, 0.05) is 30.9 Å². The minimum absolute atomic E-state index is 0.0534. The molecular weight excluding hydrogens is 301 g/mol. The second kappa shape index (κ2) is 6.36. The number of anilines is 1. The van der Waals surface area contributed by atoms with Gasteiger partial charge in [0.25, 0.3) is 5.69 Å². The fraction of sp³-hybridized carbons (Fsp3) is 0.154. The molecule has 0 radical (unpaired) electrons. The zero-order chi connectivity index (χ0) is 15.4. The van der Waals surface area contributed by atoms with Crippen molar-refractivity contribution in [2.75, 3.05) is 12.4 Å². The number of aromatic nitrogens is 1. The Morgan fingerprint density at radius 2 is 2.24 bits per heavy atom. The largest absolute Gasteiger partial charge is 0.481 e. The maximum Gasteiger partial charge on any atom is 0.294 e. The molecule has 0 unspecified atom stereocenters. The van der Waals surface area contributed by atoms with E-state index in [2.05, 4.69) is 10.3 Å². The van der Waals surface area contributed by atoms with Crippen LogP contribution in [-0.2, 0) is 6.54 Å². The lowest BCUT2D eigenvalue weighted by atomic mass is 10.2. The summed E-state index contributed by atoms with van der Waals surface area (Å²) >= 11 is 5.55. The van der Waals surface area contributed by atoms with Crippen molar-refractivity contribution in [3.8, 4) is 5.88 Å². The van der Waals surface area contributed by atoms with Crippen LogP contribution in [0.25, 0.3) is 0 Å². The molecule has 0 aliphatic carbocycles. The first-order chi connectivity index (χ1) is 10.0. The highest BCUT2D eigenvalue weighted by Gasteiger charge is 2.17. The number of rotatable bonds is 5. The van der Waals surface area contributed by atoms with E-state index in [1.807, 2.05) is 0 Å². The molecule has 2 rings (SSSR count). The van der Waals surface area contributed by atoms with E-state index in [0.717, 1.165) is 17.7 Å². The number of nitrogens with zero attached hydrogens (tertiary/aromatic N) is 2. The average molecular weight is 312 g/mol. The Morgan fingerprint density at radius 1 is 1.48 bits per heavy atom. The van der Waals surface area contributed by atoms with E-state index in [0.29, 0.717) is 5.88 Å². The van der Waals surface area contributed by atoms with Crippen molar-refractivity contribution < 1.29 is 14.1 Å². The Hall–Kier alpha value is -2.41. The van der Waals surface area contributed by atoms with Crippen molar-refractivity contribution >= 4 is 23.0 Å². The number of hydrogen-bond donors (Lipinski definition) is 1. The summed E-state index contributed by atoms with van der Waals surface area (Å²) in [6.45, 7) is 0.251. The number of pyridine rings is 1. The van der Waals surface area contributed by atoms with Crippen molar-refractivity contribution in [1.82, 2.24) is 4.98 Å². The van der Waals surface area contributed by atoms with Gasteiger partial charge in [0.1, 0.15) is 11.5 Å². The molecule has 6 nitrogen and oxygen atoms in total. The Labute approximate surface area is 124 Å². The lowest BCUT2D eigenvalue weighted by Gasteiger charge is -2.09. The van der Waals surface area contributed by atoms with Gasteiger partial charge < -0.3 is 10.1 Å². The predicted molar refractivity (Wildman–Crippen MR) is 76.2 cm³/mol. The summed E-state index contributed by atoms with van der Waals surface area (Å²) in [5.41, 5.74) is 0.548. The highest BCUT2D eigenvalue weighted by molar-refractivity contribution is 6.31. The van der Waals surface area contributed by atoms with E-state index in [1.165, 1.54) is 7.11 Å². The molecule has 0 atom stereocenters. The SMILES string of the molecule is COc1cc(CNc2cc(F)c(Cl)cc2[N+](=O)[O-])ccn1. The summed E-state index contributed by atoms with van der Waals surface area (Å²) < 4.78 is 18.4. The Balaban J connectivity index is 2.22. The summed E-state index contributed by atoms with van der Waals surface area (Å²) in [7, 11) is 1.49. The van der Waals surface area contributed by atoms with Gasteiger partial charge >= 0.3 is 0 Å². The van der Waals surface area contributed by atoms with E-state index in [4.69, 9.17) is 16.3 Å². The minimum Gasteiger partial charge on any atom is -0.481 e. The molecule has 1 N–H and O–H groups in total. The lowest BCUT2D eigenvalue weighted by Crippen LogP contribution is -2.04. The van der Waals surface area contributed by atoms with Gasteiger partial charge in [0.2, 0.25) is 5.88 Å². The molecule has 8 heteroatoms. The fourth-order valence-electron chi connectivity index (χ4n) is 1.70. The van der Waals surface area contributed by atoms with Gasteiger partial charge in [-0.3, -0.25) is 10.1 Å². The number of methoxy groups -OCH3 is 1. The smallest absolute Gasteiger partial charge is 0.294 e. The normalized spacial score (nSPS) is 10.2. The van der Waals surface area contributed by atoms with Crippen LogP contribution in [0.1, 0.15) is 5.56 Å². The third-order valence-corrected chi connectivity index (χ3v) is 3.02.